The molecule has 0 heterocycles. The third-order valence-electron chi connectivity index (χ3n) is 10.6. The maximum Gasteiger partial charge on any atom is 0.453 e. The van der Waals surface area contributed by atoms with E-state index in [1.807, 2.05) is 12.1 Å². The van der Waals surface area contributed by atoms with Gasteiger partial charge >= 0.3 is 12.1 Å². The van der Waals surface area contributed by atoms with Gasteiger partial charge in [-0.05, 0) is 104 Å². The van der Waals surface area contributed by atoms with Crippen molar-refractivity contribution in [2.75, 3.05) is 11.5 Å². The lowest BCUT2D eigenvalue weighted by atomic mass is 9.52. The topological polar surface area (TPSA) is 57.5 Å². The van der Waals surface area contributed by atoms with Gasteiger partial charge in [0.25, 0.3) is 0 Å². The molecule has 0 aliphatic heterocycles. The number of hydrogen-bond acceptors (Lipinski definition) is 3. The van der Waals surface area contributed by atoms with E-state index in [1.54, 1.807) is 0 Å². The Morgan fingerprint density at radius 3 is 2.29 bits per heavy atom. The highest BCUT2D eigenvalue weighted by Gasteiger charge is 2.57. The Hall–Kier alpha value is -1.22. The molecule has 1 unspecified atom stereocenters. The van der Waals surface area contributed by atoms with E-state index in [9.17, 15) is 36.4 Å². The number of halogens is 5. The van der Waals surface area contributed by atoms with Crippen LogP contribution in [0.1, 0.15) is 114 Å². The van der Waals surface area contributed by atoms with E-state index in [2.05, 4.69) is 13.0 Å². The van der Waals surface area contributed by atoms with Crippen LogP contribution >= 0.6 is 0 Å². The molecule has 4 rings (SSSR count). The average Bonchev–Trinajstić information content (AvgIpc) is 3.20. The van der Waals surface area contributed by atoms with Crippen molar-refractivity contribution in [2.45, 2.75) is 127 Å². The van der Waals surface area contributed by atoms with E-state index >= 15 is 0 Å². The number of phenols is 1. The minimum atomic E-state index is -5.54. The second kappa shape index (κ2) is 13.6. The molecule has 0 amide bonds. The van der Waals surface area contributed by atoms with Gasteiger partial charge in [-0.15, -0.1) is 0 Å². The van der Waals surface area contributed by atoms with Crippen LogP contribution in [-0.4, -0.2) is 44.1 Å². The van der Waals surface area contributed by atoms with Crippen LogP contribution in [0.2, 0.25) is 0 Å². The first-order valence-electron chi connectivity index (χ1n) is 15.6. The predicted molar refractivity (Wildman–Crippen MR) is 153 cm³/mol. The summed E-state index contributed by atoms with van der Waals surface area (Å²) in [5.74, 6) is -1.91. The lowest BCUT2D eigenvalue weighted by molar-refractivity contribution is -0.284. The average molecular weight is 607 g/mol. The van der Waals surface area contributed by atoms with Gasteiger partial charge < -0.3 is 10.2 Å². The molecule has 0 spiro atoms. The number of aromatic hydroxyl groups is 1. The first-order chi connectivity index (χ1) is 19.3. The maximum absolute atomic E-state index is 13.0. The molecule has 1 aromatic rings. The van der Waals surface area contributed by atoms with Crippen molar-refractivity contribution in [1.82, 2.24) is 0 Å². The lowest BCUT2D eigenvalue weighted by Crippen LogP contribution is -2.47. The molecule has 2 saturated carbocycles. The highest BCUT2D eigenvalue weighted by molar-refractivity contribution is 7.84. The third kappa shape index (κ3) is 7.66. The fourth-order valence-corrected chi connectivity index (χ4v) is 9.48. The Balaban J connectivity index is 1.15. The van der Waals surface area contributed by atoms with Crippen molar-refractivity contribution in [3.8, 4) is 5.75 Å². The van der Waals surface area contributed by atoms with Crippen molar-refractivity contribution < 1.29 is 36.4 Å². The molecule has 2 fully saturated rings. The summed E-state index contributed by atoms with van der Waals surface area (Å²) in [4.78, 5) is 0. The molecule has 9 heteroatoms. The van der Waals surface area contributed by atoms with Crippen LogP contribution in [0.3, 0.4) is 0 Å². The Morgan fingerprint density at radius 1 is 0.927 bits per heavy atom. The zero-order chi connectivity index (χ0) is 29.8. The van der Waals surface area contributed by atoms with E-state index in [4.69, 9.17) is 0 Å². The van der Waals surface area contributed by atoms with Crippen LogP contribution in [0.4, 0.5) is 22.0 Å². The smallest absolute Gasteiger partial charge is 0.453 e. The van der Waals surface area contributed by atoms with Gasteiger partial charge in [-0.25, -0.2) is 0 Å². The standard InChI is InChI=1S/C32H47F5O3S/c1-30-17-15-26-25-12-11-24(38)21-23(25)20-22(29(26)27(30)13-14-28(30)39)10-7-5-3-2-4-6-8-18-41(40)19-9-16-31(33,34)32(35,36)37/h11-12,21-22,26-29,38-39H,2-10,13-20H2,1H3/t22-,26-,27+,28+,29-,30-,41?/m1/s1. The first kappa shape index (κ1) is 32.7. The largest absolute Gasteiger partial charge is 0.508 e. The molecule has 0 aromatic heterocycles. The number of fused-ring (bicyclic) bond motifs is 5. The number of hydrogen-bond donors (Lipinski definition) is 2. The summed E-state index contributed by atoms with van der Waals surface area (Å²) < 4.78 is 74.5. The summed E-state index contributed by atoms with van der Waals surface area (Å²) >= 11 is 0. The van der Waals surface area contributed by atoms with Crippen molar-refractivity contribution in [3.05, 3.63) is 29.3 Å². The van der Waals surface area contributed by atoms with Crippen LogP contribution in [0.5, 0.6) is 5.75 Å². The number of phenolic OH excluding ortho intramolecular Hbond substituents is 1. The zero-order valence-electron chi connectivity index (χ0n) is 24.2. The number of benzene rings is 1. The fourth-order valence-electron chi connectivity index (χ4n) is 8.28. The molecule has 3 aliphatic carbocycles. The van der Waals surface area contributed by atoms with Gasteiger partial charge in [0.05, 0.1) is 6.10 Å². The van der Waals surface area contributed by atoms with Crippen LogP contribution in [0.25, 0.3) is 0 Å². The Kier molecular flexibility index (Phi) is 10.8. The summed E-state index contributed by atoms with van der Waals surface area (Å²) in [6.07, 6.45) is 5.97. The van der Waals surface area contributed by atoms with Crippen molar-refractivity contribution in [1.29, 1.82) is 0 Å². The van der Waals surface area contributed by atoms with Crippen molar-refractivity contribution in [2.24, 2.45) is 23.2 Å². The number of unbranched alkanes of at least 4 members (excludes halogenated alkanes) is 6. The number of aliphatic hydroxyl groups excluding tert-OH is 1. The van der Waals surface area contributed by atoms with Crippen LogP contribution in [-0.2, 0) is 17.2 Å². The lowest BCUT2D eigenvalue weighted by Gasteiger charge is -2.53. The predicted octanol–water partition coefficient (Wildman–Crippen LogP) is 8.68. The van der Waals surface area contributed by atoms with Gasteiger partial charge in [-0.3, -0.25) is 4.21 Å². The molecule has 7 atom stereocenters. The third-order valence-corrected chi connectivity index (χ3v) is 12.0. The van der Waals surface area contributed by atoms with E-state index in [-0.39, 0.29) is 17.3 Å². The summed E-state index contributed by atoms with van der Waals surface area (Å²) in [7, 11) is -1.35. The Labute approximate surface area is 244 Å². The second-order valence-electron chi connectivity index (χ2n) is 13.2. The Morgan fingerprint density at radius 2 is 1.59 bits per heavy atom. The summed E-state index contributed by atoms with van der Waals surface area (Å²) in [6.45, 7) is 2.30. The number of aliphatic hydroxyl groups is 1. The van der Waals surface area contributed by atoms with Gasteiger partial charge in [-0.2, -0.15) is 22.0 Å². The summed E-state index contributed by atoms with van der Waals surface area (Å²) in [5.41, 5.74) is 2.73. The van der Waals surface area contributed by atoms with Gasteiger partial charge in [-0.1, -0.05) is 51.5 Å². The molecular weight excluding hydrogens is 559 g/mol. The first-order valence-corrected chi connectivity index (χ1v) is 17.1. The summed E-state index contributed by atoms with van der Waals surface area (Å²) in [6, 6.07) is 5.92. The molecule has 41 heavy (non-hydrogen) atoms. The fraction of sp³-hybridized carbons (Fsp3) is 0.812. The van der Waals surface area contributed by atoms with Crippen LogP contribution in [0, 0.1) is 23.2 Å². The zero-order valence-corrected chi connectivity index (χ0v) is 25.1. The van der Waals surface area contributed by atoms with E-state index in [0.717, 1.165) is 77.0 Å². The van der Waals surface area contributed by atoms with Crippen LogP contribution in [0.15, 0.2) is 18.2 Å². The SMILES string of the molecule is C[C@@]12CC[C@@H]3c4ccc(O)cc4C[C@@H](CCCCCCCCCS(=O)CCCC(F)(F)C(F)(F)F)[C@H]3[C@@H]1CC[C@@H]2O. The molecule has 2 N–H and O–H groups in total. The van der Waals surface area contributed by atoms with Crippen LogP contribution < -0.4 is 0 Å². The van der Waals surface area contributed by atoms with Gasteiger partial charge in [0, 0.05) is 28.7 Å². The minimum absolute atomic E-state index is 0.0195. The summed E-state index contributed by atoms with van der Waals surface area (Å²) in [5, 5.41) is 21.0. The van der Waals surface area contributed by atoms with E-state index in [1.165, 1.54) is 11.1 Å². The molecule has 0 bridgehead atoms. The maximum atomic E-state index is 13.0. The molecule has 0 saturated heterocycles. The quantitative estimate of drug-likeness (QED) is 0.165. The molecule has 3 aliphatic rings. The van der Waals surface area contributed by atoms with Gasteiger partial charge in [0.1, 0.15) is 5.75 Å². The number of alkyl halides is 5. The highest BCUT2D eigenvalue weighted by Crippen LogP contribution is 2.62. The number of rotatable bonds is 14. The van der Waals surface area contributed by atoms with Crippen molar-refractivity contribution >= 4 is 10.8 Å². The molecular formula is C32H47F5O3S. The second-order valence-corrected chi connectivity index (χ2v) is 14.9. The molecule has 234 valence electrons. The van der Waals surface area contributed by atoms with Crippen molar-refractivity contribution in [3.63, 3.8) is 0 Å². The molecule has 1 aromatic carbocycles. The Bertz CT molecular complexity index is 1030. The molecule has 0 radical (unpaired) electrons. The van der Waals surface area contributed by atoms with E-state index < -0.39 is 35.7 Å². The monoisotopic (exact) mass is 606 g/mol. The van der Waals surface area contributed by atoms with Gasteiger partial charge in [0.2, 0.25) is 0 Å². The molecule has 3 nitrogen and oxygen atoms in total. The highest BCUT2D eigenvalue weighted by atomic mass is 32.2. The van der Waals surface area contributed by atoms with Gasteiger partial charge in [0.15, 0.2) is 0 Å². The minimum Gasteiger partial charge on any atom is -0.508 e. The normalized spacial score (nSPS) is 30.5. The van der Waals surface area contributed by atoms with E-state index in [0.29, 0.717) is 41.6 Å².